The number of rotatable bonds is 7. The molecule has 40 heavy (non-hydrogen) atoms. The molecule has 14 nitrogen and oxygen atoms in total. The highest BCUT2D eigenvalue weighted by atomic mass is 16.5. The zero-order chi connectivity index (χ0) is 36.8. The van der Waals surface area contributed by atoms with Crippen LogP contribution < -0.4 is 26.8 Å². The predicted molar refractivity (Wildman–Crippen MR) is 146 cm³/mol. The van der Waals surface area contributed by atoms with Crippen LogP contribution in [0, 0.1) is 5.92 Å². The number of carbonyl (C=O) groups excluding carboxylic acids is 2. The third-order valence-corrected chi connectivity index (χ3v) is 7.68. The average molecular weight is 560 g/mol. The number of methoxy groups -OCH3 is 2. The fourth-order valence-electron chi connectivity index (χ4n) is 5.55. The van der Waals surface area contributed by atoms with E-state index < -0.39 is 56.3 Å². The second-order valence-electron chi connectivity index (χ2n) is 9.97. The van der Waals surface area contributed by atoms with E-state index in [0.717, 1.165) is 0 Å². The summed E-state index contributed by atoms with van der Waals surface area (Å²) in [7, 11) is -5.89. The van der Waals surface area contributed by atoms with Crippen molar-refractivity contribution in [1.29, 1.82) is 0 Å². The molecule has 2 saturated carbocycles. The second kappa shape index (κ2) is 9.24. The number of nitrogens with one attached hydrogen (secondary N) is 2. The fourth-order valence-corrected chi connectivity index (χ4v) is 5.55. The molecule has 0 bridgehead atoms. The van der Waals surface area contributed by atoms with Gasteiger partial charge in [-0.1, -0.05) is 6.92 Å². The van der Waals surface area contributed by atoms with Gasteiger partial charge in [-0.25, -0.2) is 24.2 Å². The first-order valence-electron chi connectivity index (χ1n) is 17.3. The zero-order valence-electron chi connectivity index (χ0n) is 31.1. The first-order chi connectivity index (χ1) is 23.0. The van der Waals surface area contributed by atoms with E-state index in [1.165, 1.54) is 33.6 Å². The Kier molecular flexibility index (Phi) is 3.81. The van der Waals surface area contributed by atoms with E-state index in [1.54, 1.807) is 6.92 Å². The lowest BCUT2D eigenvalue weighted by Gasteiger charge is -2.15. The minimum absolute atomic E-state index is 0.00660. The SMILES string of the molecule is [2H]C1(NC(=O)OC([2H])([2H])[2H])CCC(n2c(=O)n(C([2H])([2H])[2H])c3cnc(Nc4ccc5c(OC([2H])([2H])[2H])nn(C6(C(N)=O)CC6C)c5n4)cc32)C1. The van der Waals surface area contributed by atoms with Crippen molar-refractivity contribution in [3.05, 3.63) is 34.9 Å². The van der Waals surface area contributed by atoms with Gasteiger partial charge in [0.2, 0.25) is 11.8 Å². The molecule has 4 atom stereocenters. The Bertz CT molecular complexity index is 2090. The molecule has 14 heteroatoms. The maximum atomic E-state index is 13.6. The highest BCUT2D eigenvalue weighted by molar-refractivity contribution is 5.91. The number of imidazole rings is 1. The van der Waals surface area contributed by atoms with E-state index in [-0.39, 0.29) is 64.8 Å². The average Bonchev–Trinajstić information content (AvgIpc) is 3.17. The maximum Gasteiger partial charge on any atom is 0.407 e. The van der Waals surface area contributed by atoms with Gasteiger partial charge < -0.3 is 25.8 Å². The van der Waals surface area contributed by atoms with Crippen LogP contribution in [0.15, 0.2) is 29.2 Å². The van der Waals surface area contributed by atoms with Crippen LogP contribution in [-0.4, -0.2) is 61.0 Å². The zero-order valence-corrected chi connectivity index (χ0v) is 21.1. The summed E-state index contributed by atoms with van der Waals surface area (Å²) in [6, 6.07) is 1.84. The van der Waals surface area contributed by atoms with E-state index in [9.17, 15) is 14.4 Å². The Hall–Kier alpha value is -4.62. The van der Waals surface area contributed by atoms with Gasteiger partial charge in [0, 0.05) is 29.2 Å². The monoisotopic (exact) mass is 559 g/mol. The highest BCUT2D eigenvalue weighted by Crippen LogP contribution is 2.51. The predicted octanol–water partition coefficient (Wildman–Crippen LogP) is 1.90. The van der Waals surface area contributed by atoms with Gasteiger partial charge in [-0.15, -0.1) is 5.10 Å². The van der Waals surface area contributed by atoms with Crippen molar-refractivity contribution in [2.45, 2.75) is 50.2 Å². The summed E-state index contributed by atoms with van der Waals surface area (Å²) >= 11 is 0. The molecule has 0 saturated heterocycles. The van der Waals surface area contributed by atoms with Gasteiger partial charge in [0.15, 0.2) is 5.65 Å². The lowest BCUT2D eigenvalue weighted by molar-refractivity contribution is -0.123. The number of pyridine rings is 2. The molecule has 2 aliphatic carbocycles. The molecule has 0 radical (unpaired) electrons. The lowest BCUT2D eigenvalue weighted by Crippen LogP contribution is -2.36. The first-order valence-corrected chi connectivity index (χ1v) is 12.3. The fraction of sp³-hybridized carbons (Fsp3) is 0.462. The maximum absolute atomic E-state index is 13.6. The number of nitrogens with zero attached hydrogens (tertiary/aromatic N) is 6. The molecule has 2 amide bonds. The number of aryl methyl sites for hydroxylation is 1. The van der Waals surface area contributed by atoms with Crippen LogP contribution in [0.5, 0.6) is 5.88 Å². The Balaban J connectivity index is 1.38. The van der Waals surface area contributed by atoms with Gasteiger partial charge in [0.1, 0.15) is 17.2 Å². The van der Waals surface area contributed by atoms with Crippen molar-refractivity contribution < 1.29 is 32.8 Å². The molecular formula is C26H31N9O5. The summed E-state index contributed by atoms with van der Waals surface area (Å²) in [6.45, 7) is -1.13. The lowest BCUT2D eigenvalue weighted by atomic mass is 10.2. The largest absolute Gasteiger partial charge is 0.479 e. The number of amides is 2. The summed E-state index contributed by atoms with van der Waals surface area (Å²) < 4.78 is 89.1. The molecule has 4 N–H and O–H groups in total. The van der Waals surface area contributed by atoms with E-state index in [0.29, 0.717) is 11.0 Å². The van der Waals surface area contributed by atoms with Gasteiger partial charge >= 0.3 is 11.8 Å². The standard InChI is InChI=1S/C26H31N9O5/c1-13-11-26(13,23(27)36)35-21-16(22(32-35)39-3)7-8-19(31-21)30-20-10-17-18(12-28-20)33(2)25(38)34(17)15-6-5-14(9-15)29-24(37)40-4/h7-8,10,12-15H,5-6,9,11H2,1-4H3,(H2,27,36)(H,29,37)(H,28,30,31)/i2D3,3D3,4D3,14D. The molecule has 4 aromatic heterocycles. The minimum atomic E-state index is -3.04. The highest BCUT2D eigenvalue weighted by Gasteiger charge is 2.60. The topological polar surface area (TPSA) is 173 Å². The Morgan fingerprint density at radius 3 is 2.83 bits per heavy atom. The molecule has 2 fully saturated rings. The molecular weight excluding hydrogens is 518 g/mol. The normalized spacial score (nSPS) is 30.3. The number of primary amides is 1. The third kappa shape index (κ3) is 3.85. The molecule has 210 valence electrons. The number of fused-ring (bicyclic) bond motifs is 2. The van der Waals surface area contributed by atoms with E-state index >= 15 is 0 Å². The number of ether oxygens (including phenoxy) is 2. The Morgan fingerprint density at radius 2 is 2.10 bits per heavy atom. The van der Waals surface area contributed by atoms with Crippen LogP contribution in [0.25, 0.3) is 22.1 Å². The summed E-state index contributed by atoms with van der Waals surface area (Å²) in [5, 5.41) is 9.65. The quantitative estimate of drug-likeness (QED) is 0.306. The van der Waals surface area contributed by atoms with Crippen LogP contribution in [0.3, 0.4) is 0 Å². The van der Waals surface area contributed by atoms with Crippen molar-refractivity contribution in [2.75, 3.05) is 19.4 Å². The molecule has 0 spiro atoms. The molecule has 0 aliphatic heterocycles. The van der Waals surface area contributed by atoms with Crippen molar-refractivity contribution in [1.82, 2.24) is 34.2 Å². The number of hydrogen-bond acceptors (Lipinski definition) is 9. The van der Waals surface area contributed by atoms with Gasteiger partial charge in [-0.2, -0.15) is 0 Å². The van der Waals surface area contributed by atoms with Gasteiger partial charge in [-0.3, -0.25) is 13.9 Å². The number of anilines is 2. The summed E-state index contributed by atoms with van der Waals surface area (Å²) in [5.41, 5.74) is 3.72. The van der Waals surface area contributed by atoms with Gasteiger partial charge in [-0.05, 0) is 43.7 Å². The van der Waals surface area contributed by atoms with E-state index in [4.69, 9.17) is 24.2 Å². The van der Waals surface area contributed by atoms with Gasteiger partial charge in [0.25, 0.3) is 0 Å². The third-order valence-electron chi connectivity index (χ3n) is 7.68. The molecule has 0 aromatic carbocycles. The van der Waals surface area contributed by atoms with Crippen LogP contribution in [-0.2, 0) is 22.0 Å². The number of aromatic nitrogens is 6. The van der Waals surface area contributed by atoms with Crippen LogP contribution in [0.4, 0.5) is 16.4 Å². The molecule has 6 rings (SSSR count). The first kappa shape index (κ1) is 16.5. The van der Waals surface area contributed by atoms with Crippen molar-refractivity contribution in [3.8, 4) is 5.88 Å². The number of carbonyl (C=O) groups is 2. The van der Waals surface area contributed by atoms with Crippen molar-refractivity contribution in [2.24, 2.45) is 18.6 Å². The molecule has 2 aliphatic rings. The summed E-state index contributed by atoms with van der Waals surface area (Å²) in [6.07, 6.45) is 0.124. The number of nitrogens with two attached hydrogens (primary N) is 1. The summed E-state index contributed by atoms with van der Waals surface area (Å²) in [4.78, 5) is 47.1. The minimum Gasteiger partial charge on any atom is -0.479 e. The van der Waals surface area contributed by atoms with Crippen LogP contribution >= 0.6 is 0 Å². The number of alkyl carbamates (subject to hydrolysis) is 1. The Labute approximate surface area is 242 Å². The van der Waals surface area contributed by atoms with E-state index in [2.05, 4.69) is 30.4 Å². The molecule has 4 unspecified atom stereocenters. The van der Waals surface area contributed by atoms with Crippen molar-refractivity contribution in [3.63, 3.8) is 0 Å². The van der Waals surface area contributed by atoms with Crippen molar-refractivity contribution >= 4 is 45.7 Å². The van der Waals surface area contributed by atoms with Gasteiger partial charge in [0.05, 0.1) is 46.3 Å². The number of hydrogen-bond donors (Lipinski definition) is 3. The smallest absolute Gasteiger partial charge is 0.407 e. The summed E-state index contributed by atoms with van der Waals surface area (Å²) in [5.74, 6) is -0.954. The molecule has 4 heterocycles. The molecule has 4 aromatic rings. The van der Waals surface area contributed by atoms with E-state index in [1.807, 2.05) is 0 Å². The van der Waals surface area contributed by atoms with Crippen LogP contribution in [0.1, 0.15) is 52.4 Å². The Morgan fingerprint density at radius 1 is 1.25 bits per heavy atom. The van der Waals surface area contributed by atoms with Crippen LogP contribution in [0.2, 0.25) is 0 Å². The second-order valence-corrected chi connectivity index (χ2v) is 9.97.